The molecular weight excluding hydrogens is 499 g/mol. The summed E-state index contributed by atoms with van der Waals surface area (Å²) >= 11 is 0. The summed E-state index contributed by atoms with van der Waals surface area (Å²) in [5.74, 6) is -1.17. The predicted molar refractivity (Wildman–Crippen MR) is 132 cm³/mol. The average molecular weight is 526 g/mol. The summed E-state index contributed by atoms with van der Waals surface area (Å²) in [6.07, 6.45) is -0.644. The van der Waals surface area contributed by atoms with Crippen molar-refractivity contribution in [2.24, 2.45) is 0 Å². The normalized spacial score (nSPS) is 18.7. The Balaban J connectivity index is 1.72. The number of hydrogen-bond donors (Lipinski definition) is 0. The van der Waals surface area contributed by atoms with Crippen molar-refractivity contribution in [1.29, 1.82) is 5.26 Å². The van der Waals surface area contributed by atoms with E-state index in [9.17, 15) is 23.2 Å². The second-order valence-corrected chi connectivity index (χ2v) is 10.1. The minimum absolute atomic E-state index is 0.0107. The Labute approximate surface area is 218 Å². The maximum Gasteiger partial charge on any atom is 0.416 e. The van der Waals surface area contributed by atoms with Crippen LogP contribution in [0.25, 0.3) is 11.3 Å². The van der Waals surface area contributed by atoms with E-state index < -0.39 is 34.9 Å². The molecule has 8 nitrogen and oxygen atoms in total. The molecular formula is C27H26F3N5O3. The maximum absolute atomic E-state index is 14.7. The molecule has 0 spiro atoms. The Morgan fingerprint density at radius 1 is 1.18 bits per heavy atom. The topological polar surface area (TPSA) is 101 Å². The first-order valence-corrected chi connectivity index (χ1v) is 11.8. The van der Waals surface area contributed by atoms with Crippen molar-refractivity contribution in [1.82, 2.24) is 15.2 Å². The van der Waals surface area contributed by atoms with Gasteiger partial charge in [-0.1, -0.05) is 0 Å². The van der Waals surface area contributed by atoms with Crippen LogP contribution in [0.1, 0.15) is 44.9 Å². The van der Waals surface area contributed by atoms with Crippen molar-refractivity contribution in [3.63, 3.8) is 0 Å². The zero-order valence-corrected chi connectivity index (χ0v) is 21.3. The van der Waals surface area contributed by atoms with Crippen LogP contribution < -0.4 is 9.64 Å². The second kappa shape index (κ2) is 10.3. The maximum atomic E-state index is 14.7. The van der Waals surface area contributed by atoms with E-state index in [1.807, 2.05) is 6.07 Å². The zero-order valence-electron chi connectivity index (χ0n) is 21.3. The molecule has 1 aliphatic rings. The SMILES string of the molecule is COc1cc(F)c(-c2ccc(N(C[C@]3(c4ncccc4F)C[C@H](F)C3)C(=O)OC(C)(C)C)nn2)cc1C#N. The van der Waals surface area contributed by atoms with E-state index in [0.29, 0.717) is 0 Å². The average Bonchev–Trinajstić information content (AvgIpc) is 2.85. The summed E-state index contributed by atoms with van der Waals surface area (Å²) in [5.41, 5.74) is -1.70. The van der Waals surface area contributed by atoms with Crippen molar-refractivity contribution in [3.8, 4) is 23.1 Å². The lowest BCUT2D eigenvalue weighted by atomic mass is 9.64. The molecule has 1 fully saturated rings. The Hall–Kier alpha value is -4.20. The standard InChI is InChI=1S/C27H26F3N5O3/c1-26(2,3)38-25(36)35(15-27(12-17(28)13-27)24-19(29)6-5-9-32-24)23-8-7-21(33-34-23)18-10-16(14-31)22(37-4)11-20(18)30/h5-11,17H,12-13,15H2,1-4H3/t17-,27-. The minimum atomic E-state index is -1.18. The highest BCUT2D eigenvalue weighted by molar-refractivity contribution is 5.87. The number of aromatic nitrogens is 3. The quantitative estimate of drug-likeness (QED) is 0.418. The Bertz CT molecular complexity index is 1380. The molecule has 0 N–H and O–H groups in total. The zero-order chi connectivity index (χ0) is 27.7. The first-order valence-electron chi connectivity index (χ1n) is 11.8. The van der Waals surface area contributed by atoms with Gasteiger partial charge in [-0.05, 0) is 63.9 Å². The van der Waals surface area contributed by atoms with Gasteiger partial charge in [0, 0.05) is 29.8 Å². The number of amides is 1. The number of nitrogens with zero attached hydrogens (tertiary/aromatic N) is 5. The molecule has 0 unspecified atom stereocenters. The van der Waals surface area contributed by atoms with Gasteiger partial charge in [0.05, 0.1) is 24.1 Å². The third-order valence-corrected chi connectivity index (χ3v) is 6.17. The number of alkyl halides is 1. The number of methoxy groups -OCH3 is 1. The summed E-state index contributed by atoms with van der Waals surface area (Å²) in [6, 6.07) is 9.83. The van der Waals surface area contributed by atoms with E-state index in [1.165, 1.54) is 43.6 Å². The van der Waals surface area contributed by atoms with Gasteiger partial charge in [0.15, 0.2) is 5.82 Å². The summed E-state index contributed by atoms with van der Waals surface area (Å²) < 4.78 is 54.2. The molecule has 0 aliphatic heterocycles. The highest BCUT2D eigenvalue weighted by atomic mass is 19.1. The van der Waals surface area contributed by atoms with Gasteiger partial charge in [0.25, 0.3) is 0 Å². The fraction of sp³-hybridized carbons (Fsp3) is 0.370. The van der Waals surface area contributed by atoms with Gasteiger partial charge in [0.2, 0.25) is 0 Å². The number of carbonyl (C=O) groups is 1. The van der Waals surface area contributed by atoms with E-state index in [4.69, 9.17) is 9.47 Å². The Kier molecular flexibility index (Phi) is 7.26. The first-order chi connectivity index (χ1) is 18.0. The third kappa shape index (κ3) is 5.39. The number of anilines is 1. The fourth-order valence-electron chi connectivity index (χ4n) is 4.44. The van der Waals surface area contributed by atoms with Gasteiger partial charge in [-0.15, -0.1) is 10.2 Å². The van der Waals surface area contributed by atoms with Gasteiger partial charge in [-0.2, -0.15) is 5.26 Å². The summed E-state index contributed by atoms with van der Waals surface area (Å²) in [7, 11) is 1.33. The van der Waals surface area contributed by atoms with Crippen LogP contribution in [-0.4, -0.2) is 46.7 Å². The molecule has 0 radical (unpaired) electrons. The number of pyridine rings is 1. The summed E-state index contributed by atoms with van der Waals surface area (Å²) in [5, 5.41) is 17.5. The smallest absolute Gasteiger partial charge is 0.416 e. The first kappa shape index (κ1) is 26.9. The summed E-state index contributed by atoms with van der Waals surface area (Å²) in [6.45, 7) is 4.89. The molecule has 0 atom stereocenters. The second-order valence-electron chi connectivity index (χ2n) is 10.1. The third-order valence-electron chi connectivity index (χ3n) is 6.17. The lowest BCUT2D eigenvalue weighted by Crippen LogP contribution is -2.54. The number of hydrogen-bond acceptors (Lipinski definition) is 7. The van der Waals surface area contributed by atoms with Gasteiger partial charge in [0.1, 0.15) is 35.2 Å². The van der Waals surface area contributed by atoms with Crippen LogP contribution in [0.3, 0.4) is 0 Å². The monoisotopic (exact) mass is 525 g/mol. The lowest BCUT2D eigenvalue weighted by Gasteiger charge is -2.46. The number of carbonyl (C=O) groups excluding carboxylic acids is 1. The van der Waals surface area contributed by atoms with Crippen molar-refractivity contribution < 1.29 is 27.4 Å². The fourth-order valence-corrected chi connectivity index (χ4v) is 4.44. The van der Waals surface area contributed by atoms with Crippen molar-refractivity contribution in [3.05, 3.63) is 65.5 Å². The van der Waals surface area contributed by atoms with E-state index in [-0.39, 0.29) is 53.5 Å². The predicted octanol–water partition coefficient (Wildman–Crippen LogP) is 5.51. The van der Waals surface area contributed by atoms with E-state index in [0.717, 1.165) is 11.0 Å². The van der Waals surface area contributed by atoms with Crippen molar-refractivity contribution in [2.45, 2.75) is 50.8 Å². The number of halogens is 3. The van der Waals surface area contributed by atoms with Crippen molar-refractivity contribution >= 4 is 11.9 Å². The van der Waals surface area contributed by atoms with Crippen LogP contribution in [-0.2, 0) is 10.2 Å². The Morgan fingerprint density at radius 3 is 2.47 bits per heavy atom. The molecule has 11 heteroatoms. The molecule has 1 aromatic carbocycles. The summed E-state index contributed by atoms with van der Waals surface area (Å²) in [4.78, 5) is 18.6. The number of benzene rings is 1. The number of nitriles is 1. The Morgan fingerprint density at radius 2 is 1.92 bits per heavy atom. The van der Waals surface area contributed by atoms with E-state index in [2.05, 4.69) is 15.2 Å². The lowest BCUT2D eigenvalue weighted by molar-refractivity contribution is 0.0507. The van der Waals surface area contributed by atoms with Crippen LogP contribution in [0.4, 0.5) is 23.8 Å². The van der Waals surface area contributed by atoms with E-state index >= 15 is 0 Å². The molecule has 1 saturated carbocycles. The minimum Gasteiger partial charge on any atom is -0.495 e. The molecule has 198 valence electrons. The van der Waals surface area contributed by atoms with Crippen LogP contribution in [0, 0.1) is 23.0 Å². The van der Waals surface area contributed by atoms with Gasteiger partial charge in [-0.25, -0.2) is 18.0 Å². The number of rotatable bonds is 6. The molecule has 38 heavy (non-hydrogen) atoms. The molecule has 3 aromatic rings. The molecule has 2 heterocycles. The molecule has 4 rings (SSSR count). The van der Waals surface area contributed by atoms with Gasteiger partial charge in [-0.3, -0.25) is 9.88 Å². The highest BCUT2D eigenvalue weighted by Crippen LogP contribution is 2.46. The van der Waals surface area contributed by atoms with Crippen LogP contribution in [0.5, 0.6) is 5.75 Å². The molecule has 0 saturated heterocycles. The van der Waals surface area contributed by atoms with Gasteiger partial charge < -0.3 is 9.47 Å². The molecule has 1 aliphatic carbocycles. The van der Waals surface area contributed by atoms with E-state index in [1.54, 1.807) is 20.8 Å². The largest absolute Gasteiger partial charge is 0.495 e. The number of ether oxygens (including phenoxy) is 2. The van der Waals surface area contributed by atoms with Crippen molar-refractivity contribution in [2.75, 3.05) is 18.6 Å². The van der Waals surface area contributed by atoms with Crippen LogP contribution in [0.15, 0.2) is 42.6 Å². The molecule has 1 amide bonds. The van der Waals surface area contributed by atoms with Crippen LogP contribution >= 0.6 is 0 Å². The molecule has 2 aromatic heterocycles. The van der Waals surface area contributed by atoms with Gasteiger partial charge >= 0.3 is 6.09 Å². The highest BCUT2D eigenvalue weighted by Gasteiger charge is 2.51. The molecule has 0 bridgehead atoms. The van der Waals surface area contributed by atoms with Crippen LogP contribution in [0.2, 0.25) is 0 Å².